The standard InChI is InChI=1S/C27H32N4O2/c1-4-30(22-13-9-6-10-14-22)25(32)19-31-26(20(2)3)28-24-15-16-29(18-23(24)27(31)33)17-21-11-7-5-8-12-21/h5-14,20H,4,15-19H2,1-3H3. The number of aromatic nitrogens is 2. The molecule has 0 N–H and O–H groups in total. The molecule has 172 valence electrons. The first-order valence-electron chi connectivity index (χ1n) is 11.7. The minimum Gasteiger partial charge on any atom is -0.311 e. The lowest BCUT2D eigenvalue weighted by atomic mass is 10.0. The average molecular weight is 445 g/mol. The van der Waals surface area contributed by atoms with Crippen molar-refractivity contribution in [1.82, 2.24) is 14.5 Å². The number of carbonyl (C=O) groups is 1. The number of carbonyl (C=O) groups excluding carboxylic acids is 1. The molecular weight excluding hydrogens is 412 g/mol. The van der Waals surface area contributed by atoms with Gasteiger partial charge in [-0.15, -0.1) is 0 Å². The molecule has 1 aliphatic rings. The highest BCUT2D eigenvalue weighted by molar-refractivity contribution is 5.93. The van der Waals surface area contributed by atoms with Crippen molar-refractivity contribution >= 4 is 11.6 Å². The van der Waals surface area contributed by atoms with Gasteiger partial charge in [-0.3, -0.25) is 19.1 Å². The molecule has 1 amide bonds. The van der Waals surface area contributed by atoms with Crippen LogP contribution in [0.4, 0.5) is 5.69 Å². The van der Waals surface area contributed by atoms with Crippen molar-refractivity contribution in [3.8, 4) is 0 Å². The van der Waals surface area contributed by atoms with Crippen LogP contribution >= 0.6 is 0 Å². The van der Waals surface area contributed by atoms with Gasteiger partial charge < -0.3 is 4.90 Å². The van der Waals surface area contributed by atoms with Crippen LogP contribution in [0.15, 0.2) is 65.5 Å². The van der Waals surface area contributed by atoms with E-state index in [1.165, 1.54) is 5.56 Å². The van der Waals surface area contributed by atoms with Crippen molar-refractivity contribution in [3.05, 3.63) is 93.7 Å². The van der Waals surface area contributed by atoms with Crippen LogP contribution in [0.2, 0.25) is 0 Å². The number of benzene rings is 2. The molecule has 4 rings (SSSR count). The smallest absolute Gasteiger partial charge is 0.258 e. The van der Waals surface area contributed by atoms with E-state index in [-0.39, 0.29) is 23.9 Å². The van der Waals surface area contributed by atoms with Crippen LogP contribution < -0.4 is 10.5 Å². The number of para-hydroxylation sites is 1. The van der Waals surface area contributed by atoms with Crippen molar-refractivity contribution in [2.24, 2.45) is 0 Å². The Morgan fingerprint density at radius 1 is 1.06 bits per heavy atom. The van der Waals surface area contributed by atoms with Crippen LogP contribution in [0.25, 0.3) is 0 Å². The molecule has 6 heteroatoms. The Hall–Kier alpha value is -3.25. The molecule has 33 heavy (non-hydrogen) atoms. The number of likely N-dealkylation sites (N-methyl/N-ethyl adjacent to an activating group) is 1. The number of hydrogen-bond acceptors (Lipinski definition) is 4. The van der Waals surface area contributed by atoms with Crippen molar-refractivity contribution in [3.63, 3.8) is 0 Å². The second-order valence-electron chi connectivity index (χ2n) is 8.86. The lowest BCUT2D eigenvalue weighted by Gasteiger charge is -2.30. The first-order valence-corrected chi connectivity index (χ1v) is 11.7. The van der Waals surface area contributed by atoms with Crippen LogP contribution in [0.5, 0.6) is 0 Å². The van der Waals surface area contributed by atoms with E-state index in [4.69, 9.17) is 4.98 Å². The molecule has 0 unspecified atom stereocenters. The molecule has 0 aliphatic carbocycles. The van der Waals surface area contributed by atoms with Crippen LogP contribution in [0.3, 0.4) is 0 Å². The molecule has 0 saturated heterocycles. The SMILES string of the molecule is CCN(C(=O)Cn1c(C(C)C)nc2c(c1=O)CN(Cc1ccccc1)CC2)c1ccccc1. The topological polar surface area (TPSA) is 58.4 Å². The molecule has 0 bridgehead atoms. The van der Waals surface area contributed by atoms with Gasteiger partial charge in [0, 0.05) is 44.2 Å². The third kappa shape index (κ3) is 5.06. The summed E-state index contributed by atoms with van der Waals surface area (Å²) in [4.78, 5) is 35.8. The maximum Gasteiger partial charge on any atom is 0.258 e. The maximum absolute atomic E-state index is 13.6. The van der Waals surface area contributed by atoms with E-state index in [0.717, 1.165) is 36.5 Å². The number of fused-ring (bicyclic) bond motifs is 1. The highest BCUT2D eigenvalue weighted by Crippen LogP contribution is 2.21. The molecule has 0 atom stereocenters. The van der Waals surface area contributed by atoms with E-state index >= 15 is 0 Å². The second kappa shape index (κ2) is 10.1. The fraction of sp³-hybridized carbons (Fsp3) is 0.370. The predicted octanol–water partition coefficient (Wildman–Crippen LogP) is 3.98. The third-order valence-electron chi connectivity index (χ3n) is 6.17. The van der Waals surface area contributed by atoms with Crippen LogP contribution in [-0.4, -0.2) is 33.4 Å². The van der Waals surface area contributed by atoms with Gasteiger partial charge in [-0.1, -0.05) is 62.4 Å². The molecule has 3 aromatic rings. The third-order valence-corrected chi connectivity index (χ3v) is 6.17. The Bertz CT molecular complexity index is 1160. The zero-order valence-corrected chi connectivity index (χ0v) is 19.7. The summed E-state index contributed by atoms with van der Waals surface area (Å²) < 4.78 is 1.60. The highest BCUT2D eigenvalue weighted by atomic mass is 16.2. The van der Waals surface area contributed by atoms with Gasteiger partial charge in [-0.25, -0.2) is 4.98 Å². The largest absolute Gasteiger partial charge is 0.311 e. The number of amides is 1. The minimum absolute atomic E-state index is 0.00591. The van der Waals surface area contributed by atoms with Gasteiger partial charge in [-0.05, 0) is 24.6 Å². The minimum atomic E-state index is -0.105. The van der Waals surface area contributed by atoms with Crippen molar-refractivity contribution in [1.29, 1.82) is 0 Å². The van der Waals surface area contributed by atoms with Crippen LogP contribution in [-0.2, 0) is 30.8 Å². The van der Waals surface area contributed by atoms with E-state index in [0.29, 0.717) is 18.9 Å². The Kier molecular flexibility index (Phi) is 7.04. The molecule has 0 saturated carbocycles. The molecular formula is C27H32N4O2. The van der Waals surface area contributed by atoms with Crippen LogP contribution in [0.1, 0.15) is 49.3 Å². The first-order chi connectivity index (χ1) is 16.0. The Morgan fingerprint density at radius 2 is 1.73 bits per heavy atom. The zero-order valence-electron chi connectivity index (χ0n) is 19.7. The van der Waals surface area contributed by atoms with E-state index in [9.17, 15) is 9.59 Å². The Morgan fingerprint density at radius 3 is 2.36 bits per heavy atom. The number of nitrogens with zero attached hydrogens (tertiary/aromatic N) is 4. The molecule has 1 aliphatic heterocycles. The molecule has 0 radical (unpaired) electrons. The summed E-state index contributed by atoms with van der Waals surface area (Å²) in [7, 11) is 0. The summed E-state index contributed by atoms with van der Waals surface area (Å²) in [6.07, 6.45) is 0.747. The van der Waals surface area contributed by atoms with Gasteiger partial charge in [0.2, 0.25) is 5.91 Å². The second-order valence-corrected chi connectivity index (χ2v) is 8.86. The van der Waals surface area contributed by atoms with E-state index < -0.39 is 0 Å². The van der Waals surface area contributed by atoms with Gasteiger partial charge in [-0.2, -0.15) is 0 Å². The highest BCUT2D eigenvalue weighted by Gasteiger charge is 2.26. The molecule has 2 heterocycles. The quantitative estimate of drug-likeness (QED) is 0.553. The van der Waals surface area contributed by atoms with E-state index in [1.54, 1.807) is 9.47 Å². The van der Waals surface area contributed by atoms with Crippen LogP contribution in [0, 0.1) is 0 Å². The van der Waals surface area contributed by atoms with Gasteiger partial charge >= 0.3 is 0 Å². The molecule has 6 nitrogen and oxygen atoms in total. The van der Waals surface area contributed by atoms with Gasteiger partial charge in [0.25, 0.3) is 5.56 Å². The average Bonchev–Trinajstić information content (AvgIpc) is 2.83. The predicted molar refractivity (Wildman–Crippen MR) is 131 cm³/mol. The van der Waals surface area contributed by atoms with E-state index in [1.807, 2.05) is 69.3 Å². The Balaban J connectivity index is 1.63. The number of rotatable bonds is 7. The summed E-state index contributed by atoms with van der Waals surface area (Å²) in [6.45, 7) is 8.74. The normalized spacial score (nSPS) is 13.7. The summed E-state index contributed by atoms with van der Waals surface area (Å²) >= 11 is 0. The van der Waals surface area contributed by atoms with Crippen molar-refractivity contribution in [2.45, 2.75) is 52.7 Å². The van der Waals surface area contributed by atoms with Gasteiger partial charge in [0.05, 0.1) is 11.3 Å². The van der Waals surface area contributed by atoms with Gasteiger partial charge in [0.15, 0.2) is 0 Å². The molecule has 1 aromatic heterocycles. The fourth-order valence-electron chi connectivity index (χ4n) is 4.49. The van der Waals surface area contributed by atoms with E-state index in [2.05, 4.69) is 17.0 Å². The first kappa shape index (κ1) is 22.9. The molecule has 2 aromatic carbocycles. The molecule has 0 fully saturated rings. The zero-order chi connectivity index (χ0) is 23.4. The van der Waals surface area contributed by atoms with Gasteiger partial charge in [0.1, 0.15) is 12.4 Å². The fourth-order valence-corrected chi connectivity index (χ4v) is 4.49. The summed E-state index contributed by atoms with van der Waals surface area (Å²) in [6, 6.07) is 19.9. The summed E-state index contributed by atoms with van der Waals surface area (Å²) in [5.41, 5.74) is 3.58. The van der Waals surface area contributed by atoms with Crippen molar-refractivity contribution < 1.29 is 4.79 Å². The van der Waals surface area contributed by atoms with Crippen molar-refractivity contribution in [2.75, 3.05) is 18.0 Å². The lowest BCUT2D eigenvalue weighted by molar-refractivity contribution is -0.119. The maximum atomic E-state index is 13.6. The number of anilines is 1. The Labute approximate surface area is 195 Å². The number of hydrogen-bond donors (Lipinski definition) is 0. The summed E-state index contributed by atoms with van der Waals surface area (Å²) in [5.74, 6) is 0.629. The molecule has 0 spiro atoms. The monoisotopic (exact) mass is 444 g/mol. The lowest BCUT2D eigenvalue weighted by Crippen LogP contribution is -2.42. The summed E-state index contributed by atoms with van der Waals surface area (Å²) in [5, 5.41) is 0.